The van der Waals surface area contributed by atoms with Crippen LogP contribution in [0.5, 0.6) is 0 Å². The summed E-state index contributed by atoms with van der Waals surface area (Å²) in [5, 5.41) is 0.730. The molecule has 0 saturated carbocycles. The van der Waals surface area contributed by atoms with Crippen LogP contribution in [0.2, 0.25) is 0 Å². The van der Waals surface area contributed by atoms with Gasteiger partial charge in [0, 0.05) is 5.39 Å². The summed E-state index contributed by atoms with van der Waals surface area (Å²) >= 11 is 0. The highest BCUT2D eigenvalue weighted by Gasteiger charge is 2.34. The molecule has 2 rings (SSSR count). The van der Waals surface area contributed by atoms with Crippen molar-refractivity contribution in [1.29, 1.82) is 0 Å². The highest BCUT2D eigenvalue weighted by atomic mass is 31.2. The predicted molar refractivity (Wildman–Crippen MR) is 82.5 cm³/mol. The maximum atomic E-state index is 12.9. The van der Waals surface area contributed by atoms with Crippen molar-refractivity contribution < 1.29 is 18.0 Å². The van der Waals surface area contributed by atoms with E-state index in [9.17, 15) is 9.36 Å². The number of fused-ring (bicyclic) bond motifs is 1. The Balaban J connectivity index is 2.79. The number of aryl methyl sites for hydroxylation is 2. The van der Waals surface area contributed by atoms with Gasteiger partial charge in [-0.25, -0.2) is 4.79 Å². The molecule has 0 saturated heterocycles. The van der Waals surface area contributed by atoms with Crippen molar-refractivity contribution >= 4 is 23.9 Å². The van der Waals surface area contributed by atoms with Gasteiger partial charge in [-0.3, -0.25) is 4.57 Å². The quantitative estimate of drug-likeness (QED) is 0.626. The second-order valence-electron chi connectivity index (χ2n) is 4.70. The monoisotopic (exact) mass is 310 g/mol. The molecule has 0 aliphatic rings. The molecule has 0 amide bonds. The van der Waals surface area contributed by atoms with Crippen LogP contribution >= 0.6 is 7.60 Å². The first-order chi connectivity index (χ1) is 9.92. The minimum atomic E-state index is -3.67. The molecule has 114 valence electrons. The van der Waals surface area contributed by atoms with E-state index in [2.05, 4.69) is 0 Å². The lowest BCUT2D eigenvalue weighted by atomic mass is 10.1. The highest BCUT2D eigenvalue weighted by Crippen LogP contribution is 2.47. The van der Waals surface area contributed by atoms with Crippen LogP contribution in [-0.4, -0.2) is 13.2 Å². The van der Waals surface area contributed by atoms with Crippen LogP contribution in [0.15, 0.2) is 27.4 Å². The lowest BCUT2D eigenvalue weighted by Crippen LogP contribution is -2.29. The van der Waals surface area contributed by atoms with Crippen LogP contribution in [0.25, 0.3) is 11.0 Å². The average molecular weight is 310 g/mol. The van der Waals surface area contributed by atoms with Gasteiger partial charge in [0.15, 0.2) is 5.30 Å². The van der Waals surface area contributed by atoms with Gasteiger partial charge >= 0.3 is 13.2 Å². The van der Waals surface area contributed by atoms with E-state index in [4.69, 9.17) is 13.5 Å². The van der Waals surface area contributed by atoms with Crippen molar-refractivity contribution in [3.8, 4) is 0 Å². The third-order valence-corrected chi connectivity index (χ3v) is 5.42. The fourth-order valence-corrected chi connectivity index (χ4v) is 4.09. The van der Waals surface area contributed by atoms with E-state index in [1.165, 1.54) is 0 Å². The van der Waals surface area contributed by atoms with Crippen molar-refractivity contribution in [3.63, 3.8) is 0 Å². The summed E-state index contributed by atoms with van der Waals surface area (Å²) in [6.45, 7) is 7.44. The molecule has 5 nitrogen and oxygen atoms in total. The zero-order valence-corrected chi connectivity index (χ0v) is 13.5. The van der Waals surface area contributed by atoms with E-state index in [0.29, 0.717) is 11.1 Å². The summed E-state index contributed by atoms with van der Waals surface area (Å²) in [5.74, 6) is 0. The van der Waals surface area contributed by atoms with E-state index < -0.39 is 13.2 Å². The van der Waals surface area contributed by atoms with Crippen molar-refractivity contribution in [3.05, 3.63) is 39.7 Å². The van der Waals surface area contributed by atoms with Crippen molar-refractivity contribution in [1.82, 2.24) is 0 Å². The van der Waals surface area contributed by atoms with Crippen molar-refractivity contribution in [2.45, 2.75) is 27.7 Å². The lowest BCUT2D eigenvalue weighted by Gasteiger charge is -2.18. The number of hydrogen-bond donors (Lipinski definition) is 0. The Morgan fingerprint density at radius 2 is 1.76 bits per heavy atom. The summed E-state index contributed by atoms with van der Waals surface area (Å²) in [6, 6.07) is 5.48. The largest absolute Gasteiger partial charge is 0.422 e. The summed E-state index contributed by atoms with van der Waals surface area (Å²) in [4.78, 5) is 12.2. The van der Waals surface area contributed by atoms with Crippen LogP contribution in [0.4, 0.5) is 0 Å². The van der Waals surface area contributed by atoms with Gasteiger partial charge in [0.1, 0.15) is 5.58 Å². The molecule has 0 spiro atoms. The topological polar surface area (TPSA) is 65.7 Å². The van der Waals surface area contributed by atoms with Gasteiger partial charge in [-0.05, 0) is 45.4 Å². The van der Waals surface area contributed by atoms with Gasteiger partial charge in [-0.1, -0.05) is 11.6 Å². The smallest absolute Gasteiger partial charge is 0.368 e. The Hall–Kier alpha value is -1.42. The van der Waals surface area contributed by atoms with E-state index in [1.807, 2.05) is 19.1 Å². The Bertz CT molecular complexity index is 752. The minimum Gasteiger partial charge on any atom is -0.422 e. The fraction of sp³-hybridized carbons (Fsp3) is 0.400. The zero-order valence-electron chi connectivity index (χ0n) is 12.6. The van der Waals surface area contributed by atoms with Crippen LogP contribution in [0.3, 0.4) is 0 Å². The Morgan fingerprint density at radius 3 is 2.33 bits per heavy atom. The third-order valence-electron chi connectivity index (χ3n) is 3.16. The molecule has 0 unspecified atom stereocenters. The van der Waals surface area contributed by atoms with Crippen LogP contribution in [0, 0.1) is 13.8 Å². The molecule has 0 aliphatic carbocycles. The normalized spacial score (nSPS) is 12.0. The molecular formula is C15H19O5P. The second-order valence-corrected chi connectivity index (χ2v) is 6.65. The van der Waals surface area contributed by atoms with Crippen LogP contribution in [-0.2, 0) is 13.6 Å². The molecule has 1 aromatic carbocycles. The van der Waals surface area contributed by atoms with Gasteiger partial charge in [0.05, 0.1) is 13.2 Å². The average Bonchev–Trinajstić information content (AvgIpc) is 2.40. The molecule has 0 fully saturated rings. The van der Waals surface area contributed by atoms with Crippen LogP contribution in [0.1, 0.15) is 25.0 Å². The molecule has 2 aromatic rings. The third kappa shape index (κ3) is 2.95. The SMILES string of the molecule is CCOP(=O)(OCC)c1c(C)c2cc(C)ccc2oc1=O. The van der Waals surface area contributed by atoms with Gasteiger partial charge in [0.2, 0.25) is 0 Å². The fourth-order valence-electron chi connectivity index (χ4n) is 2.28. The summed E-state index contributed by atoms with van der Waals surface area (Å²) in [5.41, 5.74) is 1.39. The lowest BCUT2D eigenvalue weighted by molar-refractivity contribution is 0.229. The van der Waals surface area contributed by atoms with Gasteiger partial charge < -0.3 is 13.5 Å². The Kier molecular flexibility index (Phi) is 4.67. The molecular weight excluding hydrogens is 291 g/mol. The van der Waals surface area contributed by atoms with E-state index in [1.54, 1.807) is 26.8 Å². The van der Waals surface area contributed by atoms with E-state index >= 15 is 0 Å². The maximum absolute atomic E-state index is 12.9. The Morgan fingerprint density at radius 1 is 1.14 bits per heavy atom. The zero-order chi connectivity index (χ0) is 15.6. The van der Waals surface area contributed by atoms with E-state index in [-0.39, 0.29) is 18.5 Å². The first-order valence-corrected chi connectivity index (χ1v) is 8.41. The molecule has 1 aromatic heterocycles. The number of benzene rings is 1. The van der Waals surface area contributed by atoms with Crippen LogP contribution < -0.4 is 10.9 Å². The van der Waals surface area contributed by atoms with Gasteiger partial charge in [-0.15, -0.1) is 0 Å². The summed E-state index contributed by atoms with van der Waals surface area (Å²) in [7, 11) is -3.67. The number of hydrogen-bond acceptors (Lipinski definition) is 5. The molecule has 0 N–H and O–H groups in total. The molecule has 0 bridgehead atoms. The first-order valence-electron chi connectivity index (χ1n) is 6.86. The predicted octanol–water partition coefficient (Wildman–Crippen LogP) is 3.30. The maximum Gasteiger partial charge on any atom is 0.368 e. The van der Waals surface area contributed by atoms with E-state index in [0.717, 1.165) is 10.9 Å². The van der Waals surface area contributed by atoms with Gasteiger partial charge in [-0.2, -0.15) is 0 Å². The molecule has 0 aliphatic heterocycles. The minimum absolute atomic E-state index is 0.00991. The second kappa shape index (κ2) is 6.14. The standard InChI is InChI=1S/C15H19O5P/c1-5-18-21(17,19-6-2)14-11(4)12-9-10(3)7-8-13(12)20-15(14)16/h7-9H,5-6H2,1-4H3. The molecule has 1 heterocycles. The summed E-state index contributed by atoms with van der Waals surface area (Å²) in [6.07, 6.45) is 0. The van der Waals surface area contributed by atoms with Crippen molar-refractivity contribution in [2.24, 2.45) is 0 Å². The molecule has 21 heavy (non-hydrogen) atoms. The highest BCUT2D eigenvalue weighted by molar-refractivity contribution is 7.62. The van der Waals surface area contributed by atoms with Crippen molar-refractivity contribution in [2.75, 3.05) is 13.2 Å². The molecule has 0 atom stereocenters. The first kappa shape index (κ1) is 16.0. The van der Waals surface area contributed by atoms with Gasteiger partial charge in [0.25, 0.3) is 0 Å². The number of rotatable bonds is 5. The summed E-state index contributed by atoms with van der Waals surface area (Å²) < 4.78 is 28.7. The Labute approximate surface area is 123 Å². The molecule has 6 heteroatoms. The molecule has 0 radical (unpaired) electrons.